The molecule has 0 radical (unpaired) electrons. The van der Waals surface area contributed by atoms with Crippen LogP contribution in [0, 0.1) is 6.92 Å². The van der Waals surface area contributed by atoms with Gasteiger partial charge in [-0.2, -0.15) is 0 Å². The number of fused-ring (bicyclic) bond motifs is 2. The van der Waals surface area contributed by atoms with Crippen LogP contribution in [-0.2, 0) is 6.42 Å². The molecule has 0 fully saturated rings. The maximum Gasteiger partial charge on any atom is 0.334 e. The molecule has 1 atom stereocenters. The minimum Gasteiger partial charge on any atom is -0.273 e. The van der Waals surface area contributed by atoms with E-state index in [0.717, 1.165) is 34.2 Å². The Balaban J connectivity index is 1.79. The summed E-state index contributed by atoms with van der Waals surface area (Å²) in [5.41, 5.74) is 5.88. The highest BCUT2D eigenvalue weighted by atomic mass is 35.5. The molecule has 0 saturated carbocycles. The minimum absolute atomic E-state index is 0.219. The summed E-state index contributed by atoms with van der Waals surface area (Å²) in [6, 6.07) is 15.7. The van der Waals surface area contributed by atoms with Crippen molar-refractivity contribution in [1.29, 1.82) is 0 Å². The standard InChI is InChI=1S/C26H21ClN4O2/c1-3-16-5-9-20-18(13-16)7-6-17-12-15(2)4-8-19(17)24(20)21-14-31(26(33)28-25(21)32)23-11-10-22(27)29-30-23/h4-14,24H,3H2,1-2H3,(H,28,32,33). The number of benzene rings is 2. The van der Waals surface area contributed by atoms with Crippen LogP contribution in [0.1, 0.15) is 51.8 Å². The Bertz CT molecular complexity index is 1520. The normalized spacial score (nSPS) is 14.5. The van der Waals surface area contributed by atoms with Crippen LogP contribution >= 0.6 is 11.6 Å². The van der Waals surface area contributed by atoms with E-state index in [4.69, 9.17) is 11.6 Å². The van der Waals surface area contributed by atoms with E-state index in [9.17, 15) is 9.59 Å². The average molecular weight is 457 g/mol. The maximum atomic E-state index is 13.2. The Morgan fingerprint density at radius 1 is 0.939 bits per heavy atom. The molecule has 0 amide bonds. The summed E-state index contributed by atoms with van der Waals surface area (Å²) in [6.07, 6.45) is 6.67. The molecule has 4 aromatic rings. The predicted octanol–water partition coefficient (Wildman–Crippen LogP) is 4.50. The number of hydrogen-bond donors (Lipinski definition) is 1. The van der Waals surface area contributed by atoms with Crippen LogP contribution in [0.4, 0.5) is 0 Å². The fourth-order valence-electron chi connectivity index (χ4n) is 4.33. The van der Waals surface area contributed by atoms with Crippen LogP contribution < -0.4 is 11.2 Å². The minimum atomic E-state index is -0.585. The van der Waals surface area contributed by atoms with Gasteiger partial charge in [-0.05, 0) is 53.3 Å². The lowest BCUT2D eigenvalue weighted by molar-refractivity contribution is 0.798. The van der Waals surface area contributed by atoms with Crippen LogP contribution in [0.2, 0.25) is 5.15 Å². The molecule has 164 valence electrons. The molecular weight excluding hydrogens is 436 g/mol. The van der Waals surface area contributed by atoms with Gasteiger partial charge in [0.1, 0.15) is 0 Å². The molecule has 0 saturated heterocycles. The summed E-state index contributed by atoms with van der Waals surface area (Å²) in [5.74, 6) is -0.0910. The number of aryl methyl sites for hydroxylation is 2. The lowest BCUT2D eigenvalue weighted by atomic mass is 9.82. The number of rotatable bonds is 3. The van der Waals surface area contributed by atoms with Gasteiger partial charge in [0.25, 0.3) is 5.56 Å². The van der Waals surface area contributed by atoms with Gasteiger partial charge in [0.15, 0.2) is 11.0 Å². The van der Waals surface area contributed by atoms with E-state index in [1.807, 2.05) is 13.0 Å². The number of nitrogens with zero attached hydrogens (tertiary/aromatic N) is 3. The van der Waals surface area contributed by atoms with Crippen LogP contribution in [0.3, 0.4) is 0 Å². The third kappa shape index (κ3) is 3.83. The van der Waals surface area contributed by atoms with Gasteiger partial charge in [-0.25, -0.2) is 4.79 Å². The molecule has 2 heterocycles. The van der Waals surface area contributed by atoms with E-state index >= 15 is 0 Å². The molecule has 0 aliphatic heterocycles. The molecule has 0 bridgehead atoms. The molecule has 0 spiro atoms. The summed E-state index contributed by atoms with van der Waals surface area (Å²) >= 11 is 5.86. The van der Waals surface area contributed by atoms with E-state index in [1.165, 1.54) is 10.1 Å². The van der Waals surface area contributed by atoms with Crippen molar-refractivity contribution in [3.63, 3.8) is 0 Å². The number of hydrogen-bond acceptors (Lipinski definition) is 4. The molecule has 33 heavy (non-hydrogen) atoms. The highest BCUT2D eigenvalue weighted by Gasteiger charge is 2.27. The molecule has 7 heteroatoms. The smallest absolute Gasteiger partial charge is 0.273 e. The molecule has 5 rings (SSSR count). The molecule has 1 unspecified atom stereocenters. The van der Waals surface area contributed by atoms with Crippen LogP contribution in [0.15, 0.2) is 64.3 Å². The van der Waals surface area contributed by atoms with E-state index < -0.39 is 11.2 Å². The molecular formula is C26H21ClN4O2. The van der Waals surface area contributed by atoms with E-state index in [2.05, 4.69) is 64.6 Å². The average Bonchev–Trinajstić information content (AvgIpc) is 2.96. The van der Waals surface area contributed by atoms with Crippen molar-refractivity contribution in [3.8, 4) is 5.82 Å². The fraction of sp³-hybridized carbons (Fsp3) is 0.154. The molecule has 2 aromatic heterocycles. The molecule has 1 aliphatic carbocycles. The zero-order chi connectivity index (χ0) is 23.1. The summed E-state index contributed by atoms with van der Waals surface area (Å²) < 4.78 is 1.30. The quantitative estimate of drug-likeness (QED) is 0.433. The van der Waals surface area contributed by atoms with Crippen LogP contribution in [0.25, 0.3) is 18.0 Å². The van der Waals surface area contributed by atoms with Crippen molar-refractivity contribution in [3.05, 3.63) is 120 Å². The first-order chi connectivity index (χ1) is 15.9. The molecule has 1 N–H and O–H groups in total. The Labute approximate surface area is 195 Å². The first-order valence-corrected chi connectivity index (χ1v) is 11.1. The van der Waals surface area contributed by atoms with Gasteiger partial charge in [0.05, 0.1) is 0 Å². The second-order valence-electron chi connectivity index (χ2n) is 8.14. The van der Waals surface area contributed by atoms with Gasteiger partial charge < -0.3 is 0 Å². The summed E-state index contributed by atoms with van der Waals surface area (Å²) in [5, 5.41) is 8.06. The lowest BCUT2D eigenvalue weighted by Gasteiger charge is -2.21. The Morgan fingerprint density at radius 2 is 1.67 bits per heavy atom. The van der Waals surface area contributed by atoms with Gasteiger partial charge in [0, 0.05) is 17.7 Å². The van der Waals surface area contributed by atoms with E-state index in [0.29, 0.717) is 5.56 Å². The second kappa shape index (κ2) is 8.30. The zero-order valence-electron chi connectivity index (χ0n) is 18.2. The van der Waals surface area contributed by atoms with Crippen LogP contribution in [-0.4, -0.2) is 19.7 Å². The summed E-state index contributed by atoms with van der Waals surface area (Å²) in [4.78, 5) is 28.3. The Hall–Kier alpha value is -3.77. The highest BCUT2D eigenvalue weighted by Crippen LogP contribution is 2.38. The summed E-state index contributed by atoms with van der Waals surface area (Å²) in [6.45, 7) is 4.16. The fourth-order valence-corrected chi connectivity index (χ4v) is 4.43. The first kappa shape index (κ1) is 21.1. The SMILES string of the molecule is CCc1ccc2c(c1)C=Cc1cc(C)ccc1C2c1cn(-c2ccc(Cl)nn2)c(=O)[nH]c1=O. The Morgan fingerprint density at radius 3 is 2.36 bits per heavy atom. The van der Waals surface area contributed by atoms with Crippen molar-refractivity contribution in [2.24, 2.45) is 0 Å². The zero-order valence-corrected chi connectivity index (χ0v) is 18.9. The van der Waals surface area contributed by atoms with Crippen molar-refractivity contribution in [1.82, 2.24) is 19.7 Å². The Kier molecular flexibility index (Phi) is 5.30. The van der Waals surface area contributed by atoms with E-state index in [-0.39, 0.29) is 16.9 Å². The van der Waals surface area contributed by atoms with Gasteiger partial charge in [0.2, 0.25) is 0 Å². The van der Waals surface area contributed by atoms with Crippen LogP contribution in [0.5, 0.6) is 0 Å². The maximum absolute atomic E-state index is 13.2. The van der Waals surface area contributed by atoms with Crippen molar-refractivity contribution >= 4 is 23.8 Å². The second-order valence-corrected chi connectivity index (χ2v) is 8.53. The van der Waals surface area contributed by atoms with Gasteiger partial charge in [-0.1, -0.05) is 72.6 Å². The van der Waals surface area contributed by atoms with Crippen molar-refractivity contribution in [2.45, 2.75) is 26.2 Å². The topological polar surface area (TPSA) is 80.6 Å². The number of halogens is 1. The van der Waals surface area contributed by atoms with E-state index in [1.54, 1.807) is 18.3 Å². The van der Waals surface area contributed by atoms with Gasteiger partial charge in [-0.3, -0.25) is 14.3 Å². The molecule has 2 aromatic carbocycles. The third-order valence-corrected chi connectivity index (χ3v) is 6.21. The third-order valence-electron chi connectivity index (χ3n) is 6.01. The van der Waals surface area contributed by atoms with Gasteiger partial charge in [-0.15, -0.1) is 10.2 Å². The molecule has 6 nitrogen and oxygen atoms in total. The van der Waals surface area contributed by atoms with Crippen molar-refractivity contribution < 1.29 is 0 Å². The largest absolute Gasteiger partial charge is 0.334 e. The number of aromatic amines is 1. The highest BCUT2D eigenvalue weighted by molar-refractivity contribution is 6.29. The number of nitrogens with one attached hydrogen (secondary N) is 1. The van der Waals surface area contributed by atoms with Gasteiger partial charge >= 0.3 is 5.69 Å². The number of H-pyrrole nitrogens is 1. The van der Waals surface area contributed by atoms with Crippen molar-refractivity contribution in [2.75, 3.05) is 0 Å². The predicted molar refractivity (Wildman–Crippen MR) is 130 cm³/mol. The molecule has 1 aliphatic rings. The first-order valence-electron chi connectivity index (χ1n) is 10.7. The lowest BCUT2D eigenvalue weighted by Crippen LogP contribution is -2.33. The monoisotopic (exact) mass is 456 g/mol. The summed E-state index contributed by atoms with van der Waals surface area (Å²) in [7, 11) is 0. The number of aromatic nitrogens is 4.